The maximum atomic E-state index is 11.7. The molecular formula is C12H18ClN3O. The Morgan fingerprint density at radius 3 is 2.71 bits per heavy atom. The van der Waals surface area contributed by atoms with E-state index in [1.807, 2.05) is 0 Å². The smallest absolute Gasteiger partial charge is 0.269 e. The Kier molecular flexibility index (Phi) is 3.98. The molecule has 1 aromatic heterocycles. The normalized spacial score (nSPS) is 20.2. The second kappa shape index (κ2) is 4.92. The minimum Gasteiger partial charge on any atom is -0.397 e. The van der Waals surface area contributed by atoms with Gasteiger partial charge >= 0.3 is 0 Å². The summed E-state index contributed by atoms with van der Waals surface area (Å²) in [4.78, 5) is 15.7. The Hall–Kier alpha value is -1.29. The van der Waals surface area contributed by atoms with Gasteiger partial charge in [0.05, 0.1) is 11.9 Å². The fraction of sp³-hybridized carbons (Fsp3) is 0.500. The fourth-order valence-electron chi connectivity index (χ4n) is 1.77. The van der Waals surface area contributed by atoms with Crippen molar-refractivity contribution in [3.05, 3.63) is 24.0 Å². The van der Waals surface area contributed by atoms with E-state index in [0.717, 1.165) is 6.54 Å². The Morgan fingerprint density at radius 1 is 1.59 bits per heavy atom. The SMILES string of the molecule is CC1(C)CC1CNC(=O)c1ccc(N)cn1.Cl. The molecule has 1 unspecified atom stereocenters. The maximum absolute atomic E-state index is 11.7. The number of carbonyl (C=O) groups is 1. The molecule has 94 valence electrons. The van der Waals surface area contributed by atoms with Gasteiger partial charge in [0, 0.05) is 6.54 Å². The maximum Gasteiger partial charge on any atom is 0.269 e. The summed E-state index contributed by atoms with van der Waals surface area (Å²) < 4.78 is 0. The van der Waals surface area contributed by atoms with Gasteiger partial charge in [-0.05, 0) is 29.9 Å². The van der Waals surface area contributed by atoms with Gasteiger partial charge in [-0.1, -0.05) is 13.8 Å². The number of rotatable bonds is 3. The first-order chi connectivity index (χ1) is 7.49. The van der Waals surface area contributed by atoms with Crippen LogP contribution in [0.5, 0.6) is 0 Å². The van der Waals surface area contributed by atoms with Gasteiger partial charge in [0.2, 0.25) is 0 Å². The number of nitrogens with two attached hydrogens (primary N) is 1. The predicted molar refractivity (Wildman–Crippen MR) is 70.1 cm³/mol. The molecular weight excluding hydrogens is 238 g/mol. The van der Waals surface area contributed by atoms with E-state index in [2.05, 4.69) is 24.1 Å². The quantitative estimate of drug-likeness (QED) is 0.866. The first-order valence-corrected chi connectivity index (χ1v) is 5.49. The summed E-state index contributed by atoms with van der Waals surface area (Å²) in [6, 6.07) is 3.33. The largest absolute Gasteiger partial charge is 0.397 e. The summed E-state index contributed by atoms with van der Waals surface area (Å²) in [5, 5.41) is 2.89. The lowest BCUT2D eigenvalue weighted by Gasteiger charge is -2.06. The lowest BCUT2D eigenvalue weighted by atomic mass is 10.1. The second-order valence-corrected chi connectivity index (χ2v) is 5.08. The second-order valence-electron chi connectivity index (χ2n) is 5.08. The van der Waals surface area contributed by atoms with Crippen molar-refractivity contribution in [3.8, 4) is 0 Å². The van der Waals surface area contributed by atoms with Crippen molar-refractivity contribution in [1.29, 1.82) is 0 Å². The van der Waals surface area contributed by atoms with Crippen LogP contribution in [-0.2, 0) is 0 Å². The average Bonchev–Trinajstić information content (AvgIpc) is 2.84. The zero-order valence-corrected chi connectivity index (χ0v) is 10.9. The molecule has 0 saturated heterocycles. The van der Waals surface area contributed by atoms with E-state index < -0.39 is 0 Å². The Balaban J connectivity index is 0.00000144. The molecule has 5 heteroatoms. The van der Waals surface area contributed by atoms with Crippen LogP contribution in [0.3, 0.4) is 0 Å². The number of anilines is 1. The van der Waals surface area contributed by atoms with Crippen LogP contribution >= 0.6 is 12.4 Å². The standard InChI is InChI=1S/C12H17N3O.ClH/c1-12(2)5-8(12)6-15-11(16)10-4-3-9(13)7-14-10;/h3-4,7-8H,5-6,13H2,1-2H3,(H,15,16);1H. The monoisotopic (exact) mass is 255 g/mol. The molecule has 1 amide bonds. The van der Waals surface area contributed by atoms with Crippen LogP contribution in [0.2, 0.25) is 0 Å². The van der Waals surface area contributed by atoms with Crippen LogP contribution in [0.4, 0.5) is 5.69 Å². The van der Waals surface area contributed by atoms with Gasteiger partial charge in [0.1, 0.15) is 5.69 Å². The summed E-state index contributed by atoms with van der Waals surface area (Å²) >= 11 is 0. The number of pyridine rings is 1. The zero-order chi connectivity index (χ0) is 11.8. The zero-order valence-electron chi connectivity index (χ0n) is 10.1. The van der Waals surface area contributed by atoms with Gasteiger partial charge in [0.25, 0.3) is 5.91 Å². The molecule has 17 heavy (non-hydrogen) atoms. The van der Waals surface area contributed by atoms with Crippen molar-refractivity contribution >= 4 is 24.0 Å². The third-order valence-corrected chi connectivity index (χ3v) is 3.25. The predicted octanol–water partition coefficient (Wildman–Crippen LogP) is 1.86. The highest BCUT2D eigenvalue weighted by molar-refractivity contribution is 5.92. The van der Waals surface area contributed by atoms with Crippen molar-refractivity contribution in [1.82, 2.24) is 10.3 Å². The van der Waals surface area contributed by atoms with Gasteiger partial charge < -0.3 is 11.1 Å². The highest BCUT2D eigenvalue weighted by Gasteiger charge is 2.45. The number of nitrogen functional groups attached to an aromatic ring is 1. The van der Waals surface area contributed by atoms with E-state index in [9.17, 15) is 4.79 Å². The third kappa shape index (κ3) is 3.33. The molecule has 1 fully saturated rings. The summed E-state index contributed by atoms with van der Waals surface area (Å²) in [6.07, 6.45) is 2.68. The summed E-state index contributed by atoms with van der Waals surface area (Å²) in [5.41, 5.74) is 6.88. The van der Waals surface area contributed by atoms with E-state index in [-0.39, 0.29) is 18.3 Å². The van der Waals surface area contributed by atoms with E-state index in [0.29, 0.717) is 22.7 Å². The summed E-state index contributed by atoms with van der Waals surface area (Å²) in [6.45, 7) is 5.16. The van der Waals surface area contributed by atoms with Crippen LogP contribution in [0.15, 0.2) is 18.3 Å². The van der Waals surface area contributed by atoms with Gasteiger partial charge in [0.15, 0.2) is 0 Å². The molecule has 1 heterocycles. The number of aromatic nitrogens is 1. The lowest BCUT2D eigenvalue weighted by Crippen LogP contribution is -2.27. The Bertz CT molecular complexity index is 403. The number of hydrogen-bond acceptors (Lipinski definition) is 3. The van der Waals surface area contributed by atoms with Crippen LogP contribution < -0.4 is 11.1 Å². The average molecular weight is 256 g/mol. The Labute approximate surface area is 107 Å². The molecule has 0 spiro atoms. The van der Waals surface area contributed by atoms with Crippen molar-refractivity contribution in [2.24, 2.45) is 11.3 Å². The highest BCUT2D eigenvalue weighted by Crippen LogP contribution is 2.50. The van der Waals surface area contributed by atoms with Crippen molar-refractivity contribution in [3.63, 3.8) is 0 Å². The van der Waals surface area contributed by atoms with Crippen molar-refractivity contribution < 1.29 is 4.79 Å². The van der Waals surface area contributed by atoms with Crippen LogP contribution in [-0.4, -0.2) is 17.4 Å². The number of nitrogens with one attached hydrogen (secondary N) is 1. The summed E-state index contributed by atoms with van der Waals surface area (Å²) in [5.74, 6) is 0.480. The van der Waals surface area contributed by atoms with Crippen molar-refractivity contribution in [2.75, 3.05) is 12.3 Å². The van der Waals surface area contributed by atoms with Crippen molar-refractivity contribution in [2.45, 2.75) is 20.3 Å². The van der Waals surface area contributed by atoms with E-state index >= 15 is 0 Å². The minimum atomic E-state index is -0.122. The van der Waals surface area contributed by atoms with Gasteiger partial charge in [-0.15, -0.1) is 12.4 Å². The highest BCUT2D eigenvalue weighted by atomic mass is 35.5. The number of amides is 1. The molecule has 2 rings (SSSR count). The number of hydrogen-bond donors (Lipinski definition) is 2. The molecule has 1 aliphatic carbocycles. The molecule has 0 aromatic carbocycles. The molecule has 1 saturated carbocycles. The molecule has 0 bridgehead atoms. The van der Waals surface area contributed by atoms with Gasteiger partial charge in [-0.3, -0.25) is 4.79 Å². The Morgan fingerprint density at radius 2 is 2.24 bits per heavy atom. The first-order valence-electron chi connectivity index (χ1n) is 5.49. The van der Waals surface area contributed by atoms with E-state index in [1.54, 1.807) is 12.1 Å². The van der Waals surface area contributed by atoms with Gasteiger partial charge in [-0.2, -0.15) is 0 Å². The number of halogens is 1. The number of carbonyl (C=O) groups excluding carboxylic acids is 1. The minimum absolute atomic E-state index is 0. The van der Waals surface area contributed by atoms with Crippen LogP contribution in [0, 0.1) is 11.3 Å². The summed E-state index contributed by atoms with van der Waals surface area (Å²) in [7, 11) is 0. The molecule has 0 aliphatic heterocycles. The fourth-order valence-corrected chi connectivity index (χ4v) is 1.77. The van der Waals surface area contributed by atoms with Gasteiger partial charge in [-0.25, -0.2) is 4.98 Å². The van der Waals surface area contributed by atoms with E-state index in [4.69, 9.17) is 5.73 Å². The number of nitrogens with zero attached hydrogens (tertiary/aromatic N) is 1. The molecule has 3 N–H and O–H groups in total. The molecule has 1 aromatic rings. The first kappa shape index (κ1) is 13.8. The van der Waals surface area contributed by atoms with Crippen LogP contribution in [0.1, 0.15) is 30.8 Å². The lowest BCUT2D eigenvalue weighted by molar-refractivity contribution is 0.0945. The molecule has 1 atom stereocenters. The molecule has 4 nitrogen and oxygen atoms in total. The third-order valence-electron chi connectivity index (χ3n) is 3.25. The topological polar surface area (TPSA) is 68.0 Å². The molecule has 0 radical (unpaired) electrons. The van der Waals surface area contributed by atoms with E-state index in [1.165, 1.54) is 12.6 Å². The molecule has 1 aliphatic rings. The van der Waals surface area contributed by atoms with Crippen LogP contribution in [0.25, 0.3) is 0 Å².